The molecular weight excluding hydrogens is 278 g/mol. The van der Waals surface area contributed by atoms with Crippen LogP contribution in [0, 0.1) is 0 Å². The molecule has 0 aliphatic heterocycles. The van der Waals surface area contributed by atoms with Crippen LogP contribution in [-0.2, 0) is 19.2 Å². The Labute approximate surface area is 97.4 Å². The lowest BCUT2D eigenvalue weighted by Crippen LogP contribution is -2.61. The highest BCUT2D eigenvalue weighted by Crippen LogP contribution is 2.46. The van der Waals surface area contributed by atoms with Gasteiger partial charge in [0.25, 0.3) is 11.6 Å². The quantitative estimate of drug-likeness (QED) is 0.481. The number of alkyl halides is 4. The van der Waals surface area contributed by atoms with Gasteiger partial charge in [-0.15, -0.1) is 0 Å². The number of rotatable bonds is 0. The Kier molecular flexibility index (Phi) is 2.69. The Hall–Kier alpha value is -0.160. The maximum Gasteiger partial charge on any atom is 0.275 e. The van der Waals surface area contributed by atoms with Crippen molar-refractivity contribution in [2.45, 2.75) is 8.67 Å². The van der Waals surface area contributed by atoms with E-state index in [-0.39, 0.29) is 0 Å². The normalized spacial score (nSPS) is 25.4. The Bertz CT molecular complexity index is 334. The van der Waals surface area contributed by atoms with Crippen molar-refractivity contribution in [2.75, 3.05) is 0 Å². The zero-order valence-corrected chi connectivity index (χ0v) is 9.17. The van der Waals surface area contributed by atoms with E-state index in [1.54, 1.807) is 0 Å². The van der Waals surface area contributed by atoms with Crippen molar-refractivity contribution in [1.82, 2.24) is 0 Å². The second kappa shape index (κ2) is 3.17. The topological polar surface area (TPSA) is 68.3 Å². The largest absolute Gasteiger partial charge is 0.287 e. The minimum absolute atomic E-state index is 1.50. The first-order chi connectivity index (χ1) is 6.14. The highest BCUT2D eigenvalue weighted by molar-refractivity contribution is 6.96. The molecule has 0 saturated heterocycles. The first-order valence-electron chi connectivity index (χ1n) is 3.07. The third-order valence-electron chi connectivity index (χ3n) is 1.58. The number of hydrogen-bond donors (Lipinski definition) is 0. The molecule has 8 heteroatoms. The van der Waals surface area contributed by atoms with Crippen LogP contribution in [-0.4, -0.2) is 31.8 Å². The van der Waals surface area contributed by atoms with Gasteiger partial charge in [-0.1, -0.05) is 46.4 Å². The number of Topliss-reactive ketones (excluding diaryl/α,β-unsaturated/α-hetero) is 4. The Morgan fingerprint density at radius 1 is 0.643 bits per heavy atom. The Balaban J connectivity index is 3.39. The van der Waals surface area contributed by atoms with Gasteiger partial charge in [0.2, 0.25) is 20.2 Å². The summed E-state index contributed by atoms with van der Waals surface area (Å²) in [6, 6.07) is 0. The standard InChI is InChI=1S/C6Cl4O4/c7-5(8)3(13)1(11)2(12)4(14)6(5,9)10. The summed E-state index contributed by atoms with van der Waals surface area (Å²) in [5, 5.41) is 0. The summed E-state index contributed by atoms with van der Waals surface area (Å²) in [7, 11) is 0. The Morgan fingerprint density at radius 2 is 0.857 bits per heavy atom. The summed E-state index contributed by atoms with van der Waals surface area (Å²) in [5.74, 6) is -6.24. The van der Waals surface area contributed by atoms with Gasteiger partial charge < -0.3 is 0 Å². The average Bonchev–Trinajstić information content (AvgIpc) is 2.10. The molecule has 0 heterocycles. The average molecular weight is 278 g/mol. The van der Waals surface area contributed by atoms with Crippen molar-refractivity contribution < 1.29 is 19.2 Å². The van der Waals surface area contributed by atoms with E-state index in [2.05, 4.69) is 0 Å². The summed E-state index contributed by atoms with van der Waals surface area (Å²) in [6.07, 6.45) is 0. The van der Waals surface area contributed by atoms with Gasteiger partial charge in [0, 0.05) is 0 Å². The van der Waals surface area contributed by atoms with Gasteiger partial charge in [-0.2, -0.15) is 0 Å². The van der Waals surface area contributed by atoms with Crippen LogP contribution in [0.1, 0.15) is 0 Å². The van der Waals surface area contributed by atoms with E-state index in [9.17, 15) is 19.2 Å². The van der Waals surface area contributed by atoms with E-state index in [0.717, 1.165) is 0 Å². The van der Waals surface area contributed by atoms with E-state index in [0.29, 0.717) is 0 Å². The Morgan fingerprint density at radius 3 is 1.07 bits per heavy atom. The van der Waals surface area contributed by atoms with Crippen molar-refractivity contribution in [3.63, 3.8) is 0 Å². The van der Waals surface area contributed by atoms with Crippen LogP contribution in [0.15, 0.2) is 0 Å². The molecule has 0 spiro atoms. The molecule has 1 aliphatic carbocycles. The third kappa shape index (κ3) is 1.29. The number of carbonyl (C=O) groups excluding carboxylic acids is 4. The molecule has 0 N–H and O–H groups in total. The monoisotopic (exact) mass is 276 g/mol. The molecule has 0 bridgehead atoms. The maximum atomic E-state index is 11.1. The van der Waals surface area contributed by atoms with Gasteiger partial charge in [-0.3, -0.25) is 19.2 Å². The molecular formula is C6Cl4O4. The zero-order valence-electron chi connectivity index (χ0n) is 6.14. The molecule has 0 aromatic carbocycles. The van der Waals surface area contributed by atoms with Crippen molar-refractivity contribution in [1.29, 1.82) is 0 Å². The molecule has 1 fully saturated rings. The molecule has 0 atom stereocenters. The molecule has 0 aromatic heterocycles. The minimum Gasteiger partial charge on any atom is -0.287 e. The van der Waals surface area contributed by atoms with Crippen molar-refractivity contribution in [2.24, 2.45) is 0 Å². The van der Waals surface area contributed by atoms with Crippen molar-refractivity contribution in [3.05, 3.63) is 0 Å². The van der Waals surface area contributed by atoms with Crippen LogP contribution in [0.3, 0.4) is 0 Å². The van der Waals surface area contributed by atoms with Gasteiger partial charge in [0.05, 0.1) is 0 Å². The zero-order chi connectivity index (χ0) is 11.3. The van der Waals surface area contributed by atoms with E-state index in [1.807, 2.05) is 0 Å². The minimum atomic E-state index is -2.63. The number of ketones is 4. The molecule has 76 valence electrons. The fourth-order valence-electron chi connectivity index (χ4n) is 0.777. The summed E-state index contributed by atoms with van der Waals surface area (Å²) in [4.78, 5) is 43.8. The van der Waals surface area contributed by atoms with Crippen molar-refractivity contribution >= 4 is 69.5 Å². The second-order valence-corrected chi connectivity index (χ2v) is 5.12. The molecule has 0 aromatic rings. The van der Waals surface area contributed by atoms with Crippen LogP contribution in [0.5, 0.6) is 0 Å². The summed E-state index contributed by atoms with van der Waals surface area (Å²) in [6.45, 7) is 0. The first-order valence-corrected chi connectivity index (χ1v) is 4.58. The molecule has 0 radical (unpaired) electrons. The van der Waals surface area contributed by atoms with Crippen LogP contribution >= 0.6 is 46.4 Å². The van der Waals surface area contributed by atoms with Gasteiger partial charge in [0.15, 0.2) is 0 Å². The summed E-state index contributed by atoms with van der Waals surface area (Å²) in [5.41, 5.74) is 0. The highest BCUT2D eigenvalue weighted by atomic mass is 35.5. The van der Waals surface area contributed by atoms with Gasteiger partial charge >= 0.3 is 0 Å². The fraction of sp³-hybridized carbons (Fsp3) is 0.333. The van der Waals surface area contributed by atoms with Gasteiger partial charge in [-0.05, 0) is 0 Å². The molecule has 1 aliphatic rings. The predicted octanol–water partition coefficient (Wildman–Crippen LogP) is 0.624. The van der Waals surface area contributed by atoms with Crippen LogP contribution < -0.4 is 0 Å². The van der Waals surface area contributed by atoms with E-state index in [1.165, 1.54) is 0 Å². The lowest BCUT2D eigenvalue weighted by molar-refractivity contribution is -0.151. The number of carbonyl (C=O) groups is 4. The van der Waals surface area contributed by atoms with E-state index in [4.69, 9.17) is 46.4 Å². The first kappa shape index (κ1) is 11.9. The summed E-state index contributed by atoms with van der Waals surface area (Å²) >= 11 is 21.3. The molecule has 14 heavy (non-hydrogen) atoms. The smallest absolute Gasteiger partial charge is 0.275 e. The van der Waals surface area contributed by atoms with Crippen LogP contribution in [0.2, 0.25) is 0 Å². The molecule has 1 rings (SSSR count). The third-order valence-corrected chi connectivity index (χ3v) is 3.79. The van der Waals surface area contributed by atoms with E-state index < -0.39 is 31.8 Å². The second-order valence-electron chi connectivity index (χ2n) is 2.47. The predicted molar refractivity (Wildman–Crippen MR) is 48.9 cm³/mol. The maximum absolute atomic E-state index is 11.1. The van der Waals surface area contributed by atoms with E-state index >= 15 is 0 Å². The highest BCUT2D eigenvalue weighted by Gasteiger charge is 2.66. The van der Waals surface area contributed by atoms with Crippen LogP contribution in [0.4, 0.5) is 0 Å². The molecule has 4 nitrogen and oxygen atoms in total. The lowest BCUT2D eigenvalue weighted by Gasteiger charge is -2.31. The number of hydrogen-bond acceptors (Lipinski definition) is 4. The van der Waals surface area contributed by atoms with Crippen molar-refractivity contribution in [3.8, 4) is 0 Å². The fourth-order valence-corrected chi connectivity index (χ4v) is 1.46. The van der Waals surface area contributed by atoms with Crippen LogP contribution in [0.25, 0.3) is 0 Å². The van der Waals surface area contributed by atoms with Gasteiger partial charge in [-0.25, -0.2) is 0 Å². The lowest BCUT2D eigenvalue weighted by atomic mass is 9.93. The SMILES string of the molecule is O=C1C(=O)C(=O)C(Cl)(Cl)C(Cl)(Cl)C1=O. The molecule has 0 amide bonds. The van der Waals surface area contributed by atoms with Gasteiger partial charge in [0.1, 0.15) is 0 Å². The molecule has 0 unspecified atom stereocenters. The summed E-state index contributed by atoms with van der Waals surface area (Å²) < 4.78 is -5.25. The number of halogens is 4. The molecule has 1 saturated carbocycles.